The summed E-state index contributed by atoms with van der Waals surface area (Å²) < 4.78 is 31.3. The number of hydrogen-bond acceptors (Lipinski definition) is 5. The van der Waals surface area contributed by atoms with Crippen LogP contribution >= 0.6 is 11.6 Å². The lowest BCUT2D eigenvalue weighted by Crippen LogP contribution is -2.51. The molecule has 2 aromatic carbocycles. The maximum Gasteiger partial charge on any atom is 0.244 e. The third kappa shape index (κ3) is 7.63. The minimum atomic E-state index is -3.84. The molecule has 186 valence electrons. The lowest BCUT2D eigenvalue weighted by Gasteiger charge is -2.31. The van der Waals surface area contributed by atoms with Gasteiger partial charge >= 0.3 is 0 Å². The van der Waals surface area contributed by atoms with Crippen molar-refractivity contribution in [1.82, 2.24) is 10.2 Å². The van der Waals surface area contributed by atoms with Gasteiger partial charge in [-0.05, 0) is 43.2 Å². The van der Waals surface area contributed by atoms with E-state index in [-0.39, 0.29) is 23.2 Å². The molecule has 0 heterocycles. The van der Waals surface area contributed by atoms with Crippen LogP contribution in [0.5, 0.6) is 5.75 Å². The van der Waals surface area contributed by atoms with Gasteiger partial charge in [-0.25, -0.2) is 8.42 Å². The number of amides is 2. The van der Waals surface area contributed by atoms with E-state index < -0.39 is 28.5 Å². The van der Waals surface area contributed by atoms with Gasteiger partial charge < -0.3 is 15.0 Å². The number of unbranched alkanes of at least 4 members (excludes halogenated alkanes) is 1. The first kappa shape index (κ1) is 27.5. The van der Waals surface area contributed by atoms with Crippen LogP contribution in [-0.4, -0.2) is 57.6 Å². The van der Waals surface area contributed by atoms with Crippen molar-refractivity contribution in [1.29, 1.82) is 0 Å². The largest absolute Gasteiger partial charge is 0.497 e. The van der Waals surface area contributed by atoms with Gasteiger partial charge in [0.15, 0.2) is 0 Å². The van der Waals surface area contributed by atoms with Crippen LogP contribution in [0.25, 0.3) is 0 Å². The second kappa shape index (κ2) is 12.6. The van der Waals surface area contributed by atoms with Gasteiger partial charge in [-0.3, -0.25) is 13.9 Å². The zero-order valence-electron chi connectivity index (χ0n) is 20.0. The Morgan fingerprint density at radius 3 is 2.47 bits per heavy atom. The maximum absolute atomic E-state index is 13.5. The Morgan fingerprint density at radius 2 is 1.85 bits per heavy atom. The third-order valence-electron chi connectivity index (χ3n) is 5.28. The summed E-state index contributed by atoms with van der Waals surface area (Å²) in [4.78, 5) is 27.7. The van der Waals surface area contributed by atoms with Gasteiger partial charge in [0.2, 0.25) is 21.8 Å². The zero-order valence-corrected chi connectivity index (χ0v) is 21.5. The lowest BCUT2D eigenvalue weighted by atomic mass is 10.1. The third-order valence-corrected chi connectivity index (χ3v) is 6.73. The average molecular weight is 510 g/mol. The molecule has 1 atom stereocenters. The second-order valence-corrected chi connectivity index (χ2v) is 10.2. The number of nitrogens with one attached hydrogen (secondary N) is 1. The minimum absolute atomic E-state index is 0.0958. The molecule has 0 spiro atoms. The van der Waals surface area contributed by atoms with Crippen molar-refractivity contribution in [2.75, 3.05) is 30.8 Å². The Morgan fingerprint density at radius 1 is 1.15 bits per heavy atom. The Hall–Kier alpha value is -2.78. The summed E-state index contributed by atoms with van der Waals surface area (Å²) >= 11 is 6.23. The molecule has 0 saturated carbocycles. The van der Waals surface area contributed by atoms with E-state index in [0.717, 1.165) is 29.0 Å². The molecule has 0 bridgehead atoms. The molecule has 10 heteroatoms. The number of methoxy groups -OCH3 is 1. The van der Waals surface area contributed by atoms with Crippen molar-refractivity contribution in [3.05, 3.63) is 59.1 Å². The average Bonchev–Trinajstić information content (AvgIpc) is 2.80. The van der Waals surface area contributed by atoms with Gasteiger partial charge in [-0.15, -0.1) is 0 Å². The van der Waals surface area contributed by atoms with E-state index in [0.29, 0.717) is 12.3 Å². The van der Waals surface area contributed by atoms with Gasteiger partial charge in [-0.2, -0.15) is 0 Å². The van der Waals surface area contributed by atoms with Crippen LogP contribution in [0.2, 0.25) is 5.02 Å². The molecule has 2 rings (SSSR count). The van der Waals surface area contributed by atoms with Gasteiger partial charge in [-0.1, -0.05) is 49.2 Å². The highest BCUT2D eigenvalue weighted by atomic mass is 35.5. The molecule has 0 aliphatic heterocycles. The number of carbonyl (C=O) groups excluding carboxylic acids is 2. The fourth-order valence-electron chi connectivity index (χ4n) is 3.33. The first-order chi connectivity index (χ1) is 16.1. The number of benzene rings is 2. The molecular formula is C24H32ClN3O5S. The van der Waals surface area contributed by atoms with Crippen LogP contribution in [0.1, 0.15) is 32.3 Å². The molecule has 0 unspecified atom stereocenters. The van der Waals surface area contributed by atoms with Crippen molar-refractivity contribution in [3.63, 3.8) is 0 Å². The van der Waals surface area contributed by atoms with Crippen LogP contribution in [0, 0.1) is 0 Å². The topological polar surface area (TPSA) is 96.0 Å². The molecule has 2 aromatic rings. The highest BCUT2D eigenvalue weighted by Gasteiger charge is 2.30. The molecule has 0 aliphatic rings. The van der Waals surface area contributed by atoms with E-state index in [1.54, 1.807) is 50.4 Å². The summed E-state index contributed by atoms with van der Waals surface area (Å²) in [7, 11) is -2.29. The summed E-state index contributed by atoms with van der Waals surface area (Å²) in [6.45, 7) is 3.73. The zero-order chi connectivity index (χ0) is 25.3. The summed E-state index contributed by atoms with van der Waals surface area (Å²) in [5, 5.41) is 3.04. The van der Waals surface area contributed by atoms with E-state index in [9.17, 15) is 18.0 Å². The Kier molecular flexibility index (Phi) is 10.2. The van der Waals surface area contributed by atoms with Crippen molar-refractivity contribution in [3.8, 4) is 5.75 Å². The van der Waals surface area contributed by atoms with Crippen LogP contribution in [0.15, 0.2) is 48.5 Å². The number of nitrogens with zero attached hydrogens (tertiary/aromatic N) is 2. The van der Waals surface area contributed by atoms with Crippen LogP contribution in [-0.2, 0) is 26.2 Å². The van der Waals surface area contributed by atoms with Crippen LogP contribution < -0.4 is 14.4 Å². The number of anilines is 1. The Labute approximate surface area is 206 Å². The first-order valence-electron chi connectivity index (χ1n) is 11.0. The normalized spacial score (nSPS) is 12.0. The predicted molar refractivity (Wildman–Crippen MR) is 135 cm³/mol. The van der Waals surface area contributed by atoms with E-state index >= 15 is 0 Å². The van der Waals surface area contributed by atoms with Crippen LogP contribution in [0.3, 0.4) is 0 Å². The molecular weight excluding hydrogens is 478 g/mol. The number of ether oxygens (including phenoxy) is 1. The lowest BCUT2D eigenvalue weighted by molar-refractivity contribution is -0.139. The van der Waals surface area contributed by atoms with Crippen molar-refractivity contribution < 1.29 is 22.7 Å². The molecule has 1 N–H and O–H groups in total. The molecule has 8 nitrogen and oxygen atoms in total. The maximum atomic E-state index is 13.5. The van der Waals surface area contributed by atoms with Crippen molar-refractivity contribution >= 4 is 39.1 Å². The van der Waals surface area contributed by atoms with E-state index in [4.69, 9.17) is 16.3 Å². The van der Waals surface area contributed by atoms with Gasteiger partial charge in [0, 0.05) is 13.1 Å². The summed E-state index contributed by atoms with van der Waals surface area (Å²) in [5.41, 5.74) is 0.936. The Balaban J connectivity index is 2.37. The summed E-state index contributed by atoms with van der Waals surface area (Å²) in [5.74, 6) is -0.238. The SMILES string of the molecule is CCCCNC(=O)[C@@H](C)N(Cc1cccc(OC)c1)C(=O)CN(c1ccccc1Cl)S(C)(=O)=O. The monoisotopic (exact) mass is 509 g/mol. The molecule has 34 heavy (non-hydrogen) atoms. The number of sulfonamides is 1. The molecule has 0 aromatic heterocycles. The minimum Gasteiger partial charge on any atom is -0.497 e. The summed E-state index contributed by atoms with van der Waals surface area (Å²) in [6.07, 6.45) is 2.75. The van der Waals surface area contributed by atoms with Gasteiger partial charge in [0.1, 0.15) is 18.3 Å². The smallest absolute Gasteiger partial charge is 0.244 e. The molecule has 0 fully saturated rings. The van der Waals surface area contributed by atoms with Gasteiger partial charge in [0.25, 0.3) is 0 Å². The van der Waals surface area contributed by atoms with Crippen LogP contribution in [0.4, 0.5) is 5.69 Å². The molecule has 0 radical (unpaired) electrons. The predicted octanol–water partition coefficient (Wildman–Crippen LogP) is 3.45. The first-order valence-corrected chi connectivity index (χ1v) is 13.2. The highest BCUT2D eigenvalue weighted by Crippen LogP contribution is 2.27. The summed E-state index contributed by atoms with van der Waals surface area (Å²) in [6, 6.07) is 12.7. The number of hydrogen-bond donors (Lipinski definition) is 1. The molecule has 0 aliphatic carbocycles. The second-order valence-electron chi connectivity index (χ2n) is 7.91. The number of rotatable bonds is 12. The standard InChI is InChI=1S/C24H32ClN3O5S/c1-5-6-14-26-24(30)18(2)27(16-19-10-9-11-20(15-19)33-3)23(29)17-28(34(4,31)32)22-13-8-7-12-21(22)25/h7-13,15,18H,5-6,14,16-17H2,1-4H3,(H,26,30)/t18-/m1/s1. The van der Waals surface area contributed by atoms with Crippen molar-refractivity contribution in [2.45, 2.75) is 39.3 Å². The fraction of sp³-hybridized carbons (Fsp3) is 0.417. The fourth-order valence-corrected chi connectivity index (χ4v) is 4.48. The molecule has 2 amide bonds. The Bertz CT molecular complexity index is 1090. The van der Waals surface area contributed by atoms with E-state index in [1.807, 2.05) is 13.0 Å². The molecule has 0 saturated heterocycles. The van der Waals surface area contributed by atoms with E-state index in [1.165, 1.54) is 11.0 Å². The van der Waals surface area contributed by atoms with Crippen molar-refractivity contribution in [2.24, 2.45) is 0 Å². The van der Waals surface area contributed by atoms with Gasteiger partial charge in [0.05, 0.1) is 24.1 Å². The highest BCUT2D eigenvalue weighted by molar-refractivity contribution is 7.92. The number of halogens is 1. The van der Waals surface area contributed by atoms with E-state index in [2.05, 4.69) is 5.32 Å². The number of para-hydroxylation sites is 1. The quantitative estimate of drug-likeness (QED) is 0.442. The number of carbonyl (C=O) groups is 2.